The lowest BCUT2D eigenvalue weighted by Crippen LogP contribution is -2.33. The molecular formula is C10H17F2N. The summed E-state index contributed by atoms with van der Waals surface area (Å²) >= 11 is 0. The van der Waals surface area contributed by atoms with Crippen molar-refractivity contribution in [2.75, 3.05) is 0 Å². The zero-order valence-electron chi connectivity index (χ0n) is 7.86. The van der Waals surface area contributed by atoms with Crippen molar-refractivity contribution < 1.29 is 8.78 Å². The van der Waals surface area contributed by atoms with Crippen LogP contribution in [0.2, 0.25) is 0 Å². The smallest absolute Gasteiger partial charge is 0.267 e. The molecule has 76 valence electrons. The Labute approximate surface area is 77.7 Å². The molecule has 2 N–H and O–H groups in total. The molecule has 1 atom stereocenters. The lowest BCUT2D eigenvalue weighted by Gasteiger charge is -2.24. The third-order valence-electron chi connectivity index (χ3n) is 3.52. The number of hydrogen-bond donors (Lipinski definition) is 1. The van der Waals surface area contributed by atoms with Gasteiger partial charge in [-0.25, -0.2) is 8.78 Å². The van der Waals surface area contributed by atoms with Crippen LogP contribution >= 0.6 is 0 Å². The van der Waals surface area contributed by atoms with Crippen molar-refractivity contribution in [2.45, 2.75) is 56.4 Å². The quantitative estimate of drug-likeness (QED) is 0.710. The molecular weight excluding hydrogens is 172 g/mol. The molecule has 0 aliphatic heterocycles. The summed E-state index contributed by atoms with van der Waals surface area (Å²) in [5, 5.41) is 0. The van der Waals surface area contributed by atoms with Crippen LogP contribution in [-0.4, -0.2) is 11.5 Å². The number of rotatable bonds is 2. The van der Waals surface area contributed by atoms with E-state index in [1.165, 1.54) is 19.3 Å². The fraction of sp³-hybridized carbons (Fsp3) is 1.00. The van der Waals surface area contributed by atoms with Crippen LogP contribution in [0.25, 0.3) is 0 Å². The number of alkyl halides is 2. The van der Waals surface area contributed by atoms with Crippen LogP contribution in [0.3, 0.4) is 0 Å². The van der Waals surface area contributed by atoms with E-state index in [1.807, 2.05) is 0 Å². The second-order valence-electron chi connectivity index (χ2n) is 4.75. The van der Waals surface area contributed by atoms with E-state index in [2.05, 4.69) is 0 Å². The minimum absolute atomic E-state index is 0.0868. The van der Waals surface area contributed by atoms with E-state index in [9.17, 15) is 8.78 Å². The molecule has 0 aromatic rings. The third-order valence-corrected chi connectivity index (χ3v) is 3.52. The Morgan fingerprint density at radius 2 is 1.69 bits per heavy atom. The van der Waals surface area contributed by atoms with E-state index in [0.717, 1.165) is 12.8 Å². The SMILES string of the molecule is NC1(CC2CCCCC2)CC1(F)F. The highest BCUT2D eigenvalue weighted by atomic mass is 19.3. The van der Waals surface area contributed by atoms with Gasteiger partial charge in [0.05, 0.1) is 5.54 Å². The molecule has 0 aromatic carbocycles. The molecule has 0 saturated heterocycles. The highest BCUT2D eigenvalue weighted by molar-refractivity contribution is 5.16. The molecule has 2 aliphatic rings. The van der Waals surface area contributed by atoms with Crippen molar-refractivity contribution in [2.24, 2.45) is 11.7 Å². The minimum atomic E-state index is -2.57. The van der Waals surface area contributed by atoms with E-state index >= 15 is 0 Å². The molecule has 0 spiro atoms. The normalized spacial score (nSPS) is 39.0. The van der Waals surface area contributed by atoms with Crippen molar-refractivity contribution in [3.8, 4) is 0 Å². The van der Waals surface area contributed by atoms with E-state index in [1.54, 1.807) is 0 Å². The van der Waals surface area contributed by atoms with Gasteiger partial charge in [-0.1, -0.05) is 32.1 Å². The van der Waals surface area contributed by atoms with Gasteiger partial charge in [-0.05, 0) is 12.3 Å². The standard InChI is InChI=1S/C10H17F2N/c11-10(12)7-9(10,13)6-8-4-2-1-3-5-8/h8H,1-7,13H2. The van der Waals surface area contributed by atoms with Gasteiger partial charge in [0.2, 0.25) is 0 Å². The van der Waals surface area contributed by atoms with Gasteiger partial charge < -0.3 is 5.73 Å². The molecule has 2 saturated carbocycles. The van der Waals surface area contributed by atoms with Gasteiger partial charge in [0, 0.05) is 6.42 Å². The van der Waals surface area contributed by atoms with Gasteiger partial charge in [-0.3, -0.25) is 0 Å². The Morgan fingerprint density at radius 1 is 1.15 bits per heavy atom. The summed E-state index contributed by atoms with van der Waals surface area (Å²) < 4.78 is 25.6. The lowest BCUT2D eigenvalue weighted by molar-refractivity contribution is 0.0799. The fourth-order valence-electron chi connectivity index (χ4n) is 2.48. The Morgan fingerprint density at radius 3 is 2.15 bits per heavy atom. The number of halogens is 2. The first-order chi connectivity index (χ1) is 6.04. The van der Waals surface area contributed by atoms with Crippen molar-refractivity contribution in [3.63, 3.8) is 0 Å². The monoisotopic (exact) mass is 189 g/mol. The zero-order valence-corrected chi connectivity index (χ0v) is 7.86. The predicted octanol–water partition coefficient (Wildman–Crippen LogP) is 2.69. The van der Waals surface area contributed by atoms with Gasteiger partial charge in [0.1, 0.15) is 0 Å². The molecule has 0 amide bonds. The summed E-state index contributed by atoms with van der Waals surface area (Å²) in [4.78, 5) is 0. The van der Waals surface area contributed by atoms with Crippen molar-refractivity contribution >= 4 is 0 Å². The first kappa shape index (κ1) is 9.38. The summed E-state index contributed by atoms with van der Waals surface area (Å²) in [7, 11) is 0. The average molecular weight is 189 g/mol. The maximum absolute atomic E-state index is 12.8. The third kappa shape index (κ3) is 1.71. The van der Waals surface area contributed by atoms with Crippen LogP contribution in [0.1, 0.15) is 44.9 Å². The number of hydrogen-bond acceptors (Lipinski definition) is 1. The second-order valence-corrected chi connectivity index (χ2v) is 4.75. The van der Waals surface area contributed by atoms with Crippen LogP contribution in [0.5, 0.6) is 0 Å². The second kappa shape index (κ2) is 2.91. The molecule has 13 heavy (non-hydrogen) atoms. The zero-order chi connectivity index (χ0) is 9.53. The highest BCUT2D eigenvalue weighted by Gasteiger charge is 2.68. The molecule has 2 fully saturated rings. The minimum Gasteiger partial charge on any atom is -0.320 e. The van der Waals surface area contributed by atoms with Gasteiger partial charge in [-0.15, -0.1) is 0 Å². The molecule has 3 heteroatoms. The fourth-order valence-corrected chi connectivity index (χ4v) is 2.48. The van der Waals surface area contributed by atoms with Crippen molar-refractivity contribution in [1.29, 1.82) is 0 Å². The molecule has 0 aromatic heterocycles. The van der Waals surface area contributed by atoms with Crippen LogP contribution in [0.4, 0.5) is 8.78 Å². The van der Waals surface area contributed by atoms with Crippen LogP contribution in [0.15, 0.2) is 0 Å². The molecule has 0 radical (unpaired) electrons. The maximum Gasteiger partial charge on any atom is 0.267 e. The Kier molecular flexibility index (Phi) is 2.10. The van der Waals surface area contributed by atoms with Gasteiger partial charge >= 0.3 is 0 Å². The first-order valence-corrected chi connectivity index (χ1v) is 5.20. The Hall–Kier alpha value is -0.180. The molecule has 1 nitrogen and oxygen atoms in total. The highest BCUT2D eigenvalue weighted by Crippen LogP contribution is 2.55. The predicted molar refractivity (Wildman–Crippen MR) is 47.7 cm³/mol. The molecule has 0 heterocycles. The largest absolute Gasteiger partial charge is 0.320 e. The van der Waals surface area contributed by atoms with Crippen LogP contribution < -0.4 is 5.73 Å². The van der Waals surface area contributed by atoms with E-state index < -0.39 is 11.5 Å². The average Bonchev–Trinajstić information content (AvgIpc) is 2.51. The van der Waals surface area contributed by atoms with Gasteiger partial charge in [0.15, 0.2) is 0 Å². The molecule has 2 rings (SSSR count). The summed E-state index contributed by atoms with van der Waals surface area (Å²) in [6.07, 6.45) is 6.34. The number of nitrogens with two attached hydrogens (primary N) is 1. The van der Waals surface area contributed by atoms with E-state index in [-0.39, 0.29) is 6.42 Å². The molecule has 0 bridgehead atoms. The van der Waals surface area contributed by atoms with Gasteiger partial charge in [0.25, 0.3) is 5.92 Å². The van der Waals surface area contributed by atoms with E-state index in [0.29, 0.717) is 12.3 Å². The summed E-state index contributed by atoms with van der Waals surface area (Å²) in [5.74, 6) is -2.10. The van der Waals surface area contributed by atoms with E-state index in [4.69, 9.17) is 5.73 Å². The van der Waals surface area contributed by atoms with Gasteiger partial charge in [-0.2, -0.15) is 0 Å². The maximum atomic E-state index is 12.8. The van der Waals surface area contributed by atoms with Crippen LogP contribution in [0, 0.1) is 5.92 Å². The Balaban J connectivity index is 1.84. The lowest BCUT2D eigenvalue weighted by atomic mass is 9.84. The molecule has 1 unspecified atom stereocenters. The summed E-state index contributed by atoms with van der Waals surface area (Å²) in [6.45, 7) is 0. The first-order valence-electron chi connectivity index (χ1n) is 5.20. The summed E-state index contributed by atoms with van der Waals surface area (Å²) in [5.41, 5.74) is 4.48. The summed E-state index contributed by atoms with van der Waals surface area (Å²) in [6, 6.07) is 0. The molecule has 2 aliphatic carbocycles. The van der Waals surface area contributed by atoms with Crippen LogP contribution in [-0.2, 0) is 0 Å². The van der Waals surface area contributed by atoms with Crippen molar-refractivity contribution in [1.82, 2.24) is 0 Å². The van der Waals surface area contributed by atoms with Crippen molar-refractivity contribution in [3.05, 3.63) is 0 Å². The Bertz CT molecular complexity index is 199. The topological polar surface area (TPSA) is 26.0 Å².